The first kappa shape index (κ1) is 12.8. The van der Waals surface area contributed by atoms with Crippen molar-refractivity contribution < 1.29 is 4.79 Å². The van der Waals surface area contributed by atoms with Crippen LogP contribution in [0.2, 0.25) is 0 Å². The summed E-state index contributed by atoms with van der Waals surface area (Å²) in [5.41, 5.74) is 3.69. The Kier molecular flexibility index (Phi) is 2.82. The highest BCUT2D eigenvalue weighted by molar-refractivity contribution is 6.04. The number of imidazole rings is 1. The zero-order valence-corrected chi connectivity index (χ0v) is 12.2. The molecule has 0 radical (unpaired) electrons. The van der Waals surface area contributed by atoms with Gasteiger partial charge in [-0.2, -0.15) is 0 Å². The van der Waals surface area contributed by atoms with E-state index in [9.17, 15) is 4.79 Å². The fourth-order valence-corrected chi connectivity index (χ4v) is 3.02. The van der Waals surface area contributed by atoms with E-state index in [0.29, 0.717) is 6.42 Å². The predicted molar refractivity (Wildman–Crippen MR) is 85.6 cm³/mol. The van der Waals surface area contributed by atoms with Gasteiger partial charge in [-0.05, 0) is 31.2 Å². The van der Waals surface area contributed by atoms with Crippen LogP contribution in [0.5, 0.6) is 0 Å². The molecule has 2 heterocycles. The van der Waals surface area contributed by atoms with E-state index in [1.807, 2.05) is 61.5 Å². The SMILES string of the molecule is Cc1ncc2n1-c1ccccc1N(c1ccccc1)C(=O)C2. The zero-order valence-electron chi connectivity index (χ0n) is 12.2. The number of nitrogens with zero attached hydrogens (tertiary/aromatic N) is 3. The number of carbonyl (C=O) groups excluding carboxylic acids is 1. The number of amides is 1. The van der Waals surface area contributed by atoms with Crippen LogP contribution >= 0.6 is 0 Å². The van der Waals surface area contributed by atoms with Crippen LogP contribution in [-0.4, -0.2) is 15.5 Å². The van der Waals surface area contributed by atoms with Crippen molar-refractivity contribution in [3.05, 3.63) is 72.3 Å². The molecular formula is C18H15N3O. The number of fused-ring (bicyclic) bond motifs is 3. The van der Waals surface area contributed by atoms with Gasteiger partial charge in [0, 0.05) is 11.9 Å². The van der Waals surface area contributed by atoms with Crippen molar-refractivity contribution in [2.45, 2.75) is 13.3 Å². The quantitative estimate of drug-likeness (QED) is 0.688. The van der Waals surface area contributed by atoms with Crippen LogP contribution < -0.4 is 4.90 Å². The number of para-hydroxylation sites is 3. The number of aryl methyl sites for hydroxylation is 1. The molecule has 4 rings (SSSR count). The second kappa shape index (κ2) is 4.84. The Balaban J connectivity index is 2.00. The average molecular weight is 289 g/mol. The van der Waals surface area contributed by atoms with Gasteiger partial charge in [0.25, 0.3) is 0 Å². The molecule has 0 atom stereocenters. The van der Waals surface area contributed by atoms with E-state index >= 15 is 0 Å². The Hall–Kier alpha value is -2.88. The lowest BCUT2D eigenvalue weighted by Gasteiger charge is -2.23. The highest BCUT2D eigenvalue weighted by Crippen LogP contribution is 2.35. The van der Waals surface area contributed by atoms with Gasteiger partial charge in [0.15, 0.2) is 0 Å². The molecule has 108 valence electrons. The molecule has 4 heteroatoms. The number of hydrogen-bond acceptors (Lipinski definition) is 2. The van der Waals surface area contributed by atoms with Crippen LogP contribution in [0, 0.1) is 6.92 Å². The minimum absolute atomic E-state index is 0.0531. The standard InChI is InChI=1S/C18H15N3O/c1-13-19-12-15-11-18(22)21(14-7-3-2-4-8-14)17-10-6-5-9-16(17)20(13)15/h2-10,12H,11H2,1H3. The van der Waals surface area contributed by atoms with E-state index < -0.39 is 0 Å². The van der Waals surface area contributed by atoms with Crippen molar-refractivity contribution in [3.63, 3.8) is 0 Å². The Labute approximate surface area is 128 Å². The summed E-state index contributed by atoms with van der Waals surface area (Å²) < 4.78 is 2.07. The lowest BCUT2D eigenvalue weighted by atomic mass is 10.2. The molecule has 1 aliphatic heterocycles. The molecule has 2 aromatic carbocycles. The smallest absolute Gasteiger partial charge is 0.237 e. The molecule has 1 amide bonds. The molecule has 0 bridgehead atoms. The van der Waals surface area contributed by atoms with E-state index in [-0.39, 0.29) is 5.91 Å². The molecule has 0 fully saturated rings. The molecule has 4 nitrogen and oxygen atoms in total. The largest absolute Gasteiger partial charge is 0.298 e. The van der Waals surface area contributed by atoms with Crippen LogP contribution in [-0.2, 0) is 11.2 Å². The number of carbonyl (C=O) groups is 1. The third kappa shape index (κ3) is 1.84. The third-order valence-corrected chi connectivity index (χ3v) is 3.97. The summed E-state index contributed by atoms with van der Waals surface area (Å²) in [6.45, 7) is 1.96. The van der Waals surface area contributed by atoms with E-state index in [1.165, 1.54) is 0 Å². The monoisotopic (exact) mass is 289 g/mol. The Morgan fingerprint density at radius 1 is 0.955 bits per heavy atom. The van der Waals surface area contributed by atoms with Crippen molar-refractivity contribution in [1.82, 2.24) is 9.55 Å². The van der Waals surface area contributed by atoms with Crippen molar-refractivity contribution >= 4 is 17.3 Å². The van der Waals surface area contributed by atoms with Crippen LogP contribution in [0.25, 0.3) is 5.69 Å². The number of benzene rings is 2. The van der Waals surface area contributed by atoms with Gasteiger partial charge in [0.2, 0.25) is 5.91 Å². The Bertz CT molecular complexity index is 852. The highest BCUT2D eigenvalue weighted by Gasteiger charge is 2.27. The molecule has 0 aliphatic carbocycles. The van der Waals surface area contributed by atoms with Crippen molar-refractivity contribution in [2.75, 3.05) is 4.90 Å². The number of hydrogen-bond donors (Lipinski definition) is 0. The molecule has 0 spiro atoms. The fourth-order valence-electron chi connectivity index (χ4n) is 3.02. The number of aromatic nitrogens is 2. The van der Waals surface area contributed by atoms with Crippen molar-refractivity contribution in [2.24, 2.45) is 0 Å². The first-order valence-corrected chi connectivity index (χ1v) is 7.26. The lowest BCUT2D eigenvalue weighted by Crippen LogP contribution is -2.26. The maximum atomic E-state index is 12.8. The van der Waals surface area contributed by atoms with Crippen LogP contribution in [0.15, 0.2) is 60.8 Å². The summed E-state index contributed by atoms with van der Waals surface area (Å²) in [5, 5.41) is 0. The minimum Gasteiger partial charge on any atom is -0.298 e. The maximum absolute atomic E-state index is 12.8. The minimum atomic E-state index is 0.0531. The van der Waals surface area contributed by atoms with E-state index in [0.717, 1.165) is 28.6 Å². The normalized spacial score (nSPS) is 13.5. The third-order valence-electron chi connectivity index (χ3n) is 3.97. The summed E-state index contributed by atoms with van der Waals surface area (Å²) in [4.78, 5) is 19.0. The number of rotatable bonds is 1. The summed E-state index contributed by atoms with van der Waals surface area (Å²) >= 11 is 0. The predicted octanol–water partition coefficient (Wildman–Crippen LogP) is 3.40. The van der Waals surface area contributed by atoms with Crippen LogP contribution in [0.4, 0.5) is 11.4 Å². The van der Waals surface area contributed by atoms with Gasteiger partial charge in [-0.15, -0.1) is 0 Å². The van der Waals surface area contributed by atoms with Gasteiger partial charge in [-0.25, -0.2) is 4.98 Å². The van der Waals surface area contributed by atoms with Gasteiger partial charge >= 0.3 is 0 Å². The Morgan fingerprint density at radius 3 is 2.41 bits per heavy atom. The van der Waals surface area contributed by atoms with Gasteiger partial charge in [-0.1, -0.05) is 30.3 Å². The van der Waals surface area contributed by atoms with Crippen LogP contribution in [0.3, 0.4) is 0 Å². The summed E-state index contributed by atoms with van der Waals surface area (Å²) in [5.74, 6) is 0.947. The van der Waals surface area contributed by atoms with Crippen molar-refractivity contribution in [3.8, 4) is 5.69 Å². The van der Waals surface area contributed by atoms with Crippen molar-refractivity contribution in [1.29, 1.82) is 0 Å². The highest BCUT2D eigenvalue weighted by atomic mass is 16.2. The van der Waals surface area contributed by atoms with Gasteiger partial charge < -0.3 is 0 Å². The topological polar surface area (TPSA) is 38.1 Å². The molecule has 0 saturated carbocycles. The van der Waals surface area contributed by atoms with Gasteiger partial charge in [0.05, 0.1) is 23.5 Å². The number of anilines is 2. The maximum Gasteiger partial charge on any atom is 0.237 e. The average Bonchev–Trinajstić information content (AvgIpc) is 2.83. The molecule has 3 aromatic rings. The van der Waals surface area contributed by atoms with Gasteiger partial charge in [0.1, 0.15) is 5.82 Å². The summed E-state index contributed by atoms with van der Waals surface area (Å²) in [7, 11) is 0. The molecular weight excluding hydrogens is 274 g/mol. The molecule has 0 N–H and O–H groups in total. The molecule has 22 heavy (non-hydrogen) atoms. The Morgan fingerprint density at radius 2 is 1.64 bits per heavy atom. The van der Waals surface area contributed by atoms with E-state index in [4.69, 9.17) is 0 Å². The van der Waals surface area contributed by atoms with Crippen LogP contribution in [0.1, 0.15) is 11.5 Å². The van der Waals surface area contributed by atoms with E-state index in [1.54, 1.807) is 11.1 Å². The second-order valence-electron chi connectivity index (χ2n) is 5.36. The summed E-state index contributed by atoms with van der Waals surface area (Å²) in [6.07, 6.45) is 2.13. The fraction of sp³-hybridized carbons (Fsp3) is 0.111. The van der Waals surface area contributed by atoms with Gasteiger partial charge in [-0.3, -0.25) is 14.3 Å². The summed E-state index contributed by atoms with van der Waals surface area (Å²) in [6, 6.07) is 17.7. The first-order valence-electron chi connectivity index (χ1n) is 7.26. The molecule has 1 aliphatic rings. The zero-order chi connectivity index (χ0) is 15.1. The molecule has 1 aromatic heterocycles. The molecule has 0 unspecified atom stereocenters. The van der Waals surface area contributed by atoms with E-state index in [2.05, 4.69) is 9.55 Å². The lowest BCUT2D eigenvalue weighted by molar-refractivity contribution is -0.117. The molecule has 0 saturated heterocycles. The first-order chi connectivity index (χ1) is 10.8. The second-order valence-corrected chi connectivity index (χ2v) is 5.36.